The van der Waals surface area contributed by atoms with E-state index in [4.69, 9.17) is 0 Å². The molecule has 1 atom stereocenters. The number of benzene rings is 1. The van der Waals surface area contributed by atoms with Gasteiger partial charge in [0, 0.05) is 0 Å². The van der Waals surface area contributed by atoms with Crippen molar-refractivity contribution in [2.24, 2.45) is 5.41 Å². The smallest absolute Gasteiger partial charge is 0.130 e. The molecule has 1 heteroatoms. The number of halogens is 1. The molecule has 1 aromatic carbocycles. The van der Waals surface area contributed by atoms with E-state index in [1.807, 2.05) is 32.0 Å². The van der Waals surface area contributed by atoms with Crippen LogP contribution >= 0.6 is 0 Å². The molecule has 0 spiro atoms. The summed E-state index contributed by atoms with van der Waals surface area (Å²) in [4.78, 5) is 0. The molecule has 16 heavy (non-hydrogen) atoms. The van der Waals surface area contributed by atoms with Crippen LogP contribution in [0.15, 0.2) is 18.2 Å². The SMILES string of the molecule is CC(C)c1cccc([C@@H](C)C(C)(C)C)c1F. The Morgan fingerprint density at radius 3 is 1.94 bits per heavy atom. The van der Waals surface area contributed by atoms with E-state index in [9.17, 15) is 4.39 Å². The maximum absolute atomic E-state index is 14.3. The Balaban J connectivity index is 3.21. The zero-order chi connectivity index (χ0) is 12.5. The van der Waals surface area contributed by atoms with Gasteiger partial charge in [-0.1, -0.05) is 59.7 Å². The highest BCUT2D eigenvalue weighted by Gasteiger charge is 2.25. The van der Waals surface area contributed by atoms with Crippen molar-refractivity contribution >= 4 is 0 Å². The molecule has 0 radical (unpaired) electrons. The standard InChI is InChI=1S/C15H23F/c1-10(2)12-8-7-9-13(14(12)16)11(3)15(4,5)6/h7-11H,1-6H3/t11-/m1/s1. The van der Waals surface area contributed by atoms with Crippen molar-refractivity contribution in [3.63, 3.8) is 0 Å². The van der Waals surface area contributed by atoms with E-state index in [1.54, 1.807) is 0 Å². The molecule has 0 heterocycles. The van der Waals surface area contributed by atoms with Gasteiger partial charge in [-0.2, -0.15) is 0 Å². The fourth-order valence-electron chi connectivity index (χ4n) is 1.82. The van der Waals surface area contributed by atoms with Crippen LogP contribution in [0.5, 0.6) is 0 Å². The molecule has 0 fully saturated rings. The molecular formula is C15H23F. The zero-order valence-electron chi connectivity index (χ0n) is 11.3. The van der Waals surface area contributed by atoms with Gasteiger partial charge >= 0.3 is 0 Å². The van der Waals surface area contributed by atoms with Gasteiger partial charge in [-0.05, 0) is 28.4 Å². The normalized spacial score (nSPS) is 14.2. The molecule has 0 unspecified atom stereocenters. The molecule has 0 aromatic heterocycles. The van der Waals surface area contributed by atoms with Gasteiger partial charge in [0.05, 0.1) is 0 Å². The highest BCUT2D eigenvalue weighted by atomic mass is 19.1. The van der Waals surface area contributed by atoms with Crippen molar-refractivity contribution in [3.05, 3.63) is 35.1 Å². The maximum Gasteiger partial charge on any atom is 0.130 e. The van der Waals surface area contributed by atoms with Gasteiger partial charge in [-0.15, -0.1) is 0 Å². The minimum atomic E-state index is -0.0140. The van der Waals surface area contributed by atoms with Crippen molar-refractivity contribution in [1.82, 2.24) is 0 Å². The second-order valence-corrected chi connectivity index (χ2v) is 5.99. The highest BCUT2D eigenvalue weighted by molar-refractivity contribution is 5.31. The summed E-state index contributed by atoms with van der Waals surface area (Å²) < 4.78 is 14.3. The van der Waals surface area contributed by atoms with Crippen LogP contribution in [0.2, 0.25) is 0 Å². The minimum absolute atomic E-state index is 0.0140. The van der Waals surface area contributed by atoms with Gasteiger partial charge in [0.15, 0.2) is 0 Å². The molecule has 0 nitrogen and oxygen atoms in total. The van der Waals surface area contributed by atoms with E-state index in [2.05, 4.69) is 27.7 Å². The molecule has 0 saturated carbocycles. The first-order chi connectivity index (χ1) is 7.25. The predicted octanol–water partition coefficient (Wildman–Crippen LogP) is 5.10. The summed E-state index contributed by atoms with van der Waals surface area (Å²) in [5.41, 5.74) is 1.77. The molecule has 0 amide bonds. The highest BCUT2D eigenvalue weighted by Crippen LogP contribution is 2.37. The fourth-order valence-corrected chi connectivity index (χ4v) is 1.82. The van der Waals surface area contributed by atoms with E-state index >= 15 is 0 Å². The van der Waals surface area contributed by atoms with Crippen molar-refractivity contribution in [1.29, 1.82) is 0 Å². The molecule has 90 valence electrons. The van der Waals surface area contributed by atoms with Crippen LogP contribution in [0.3, 0.4) is 0 Å². The van der Waals surface area contributed by atoms with Crippen molar-refractivity contribution in [3.8, 4) is 0 Å². The number of hydrogen-bond donors (Lipinski definition) is 0. The Labute approximate surface area is 98.9 Å². The van der Waals surface area contributed by atoms with Gasteiger partial charge in [-0.3, -0.25) is 0 Å². The van der Waals surface area contributed by atoms with E-state index in [0.717, 1.165) is 11.1 Å². The third kappa shape index (κ3) is 2.63. The summed E-state index contributed by atoms with van der Waals surface area (Å²) in [6.07, 6.45) is 0. The maximum atomic E-state index is 14.3. The van der Waals surface area contributed by atoms with Crippen LogP contribution in [0.4, 0.5) is 4.39 Å². The average Bonchev–Trinajstić information content (AvgIpc) is 2.15. The third-order valence-electron chi connectivity index (χ3n) is 3.45. The van der Waals surface area contributed by atoms with Crippen LogP contribution in [0.25, 0.3) is 0 Å². The van der Waals surface area contributed by atoms with Crippen molar-refractivity contribution in [2.75, 3.05) is 0 Å². The molecular weight excluding hydrogens is 199 g/mol. The van der Waals surface area contributed by atoms with E-state index in [1.165, 1.54) is 0 Å². The van der Waals surface area contributed by atoms with Gasteiger partial charge in [0.1, 0.15) is 5.82 Å². The predicted molar refractivity (Wildman–Crippen MR) is 68.4 cm³/mol. The molecule has 1 rings (SSSR count). The lowest BCUT2D eigenvalue weighted by atomic mass is 9.77. The monoisotopic (exact) mass is 222 g/mol. The molecule has 1 aromatic rings. The Bertz CT molecular complexity index is 358. The summed E-state index contributed by atoms with van der Waals surface area (Å²) in [5.74, 6) is 0.457. The second kappa shape index (κ2) is 4.57. The Morgan fingerprint density at radius 1 is 1.00 bits per heavy atom. The molecule has 0 N–H and O–H groups in total. The largest absolute Gasteiger partial charge is 0.206 e. The van der Waals surface area contributed by atoms with Crippen LogP contribution in [-0.2, 0) is 0 Å². The van der Waals surface area contributed by atoms with E-state index in [-0.39, 0.29) is 23.1 Å². The molecule has 0 aliphatic heterocycles. The van der Waals surface area contributed by atoms with Crippen LogP contribution in [0.1, 0.15) is 64.5 Å². The average molecular weight is 222 g/mol. The van der Waals surface area contributed by atoms with Crippen LogP contribution in [0, 0.1) is 11.2 Å². The Hall–Kier alpha value is -0.850. The lowest BCUT2D eigenvalue weighted by molar-refractivity contribution is 0.331. The lowest BCUT2D eigenvalue weighted by Gasteiger charge is -2.28. The summed E-state index contributed by atoms with van der Waals surface area (Å²) in [6, 6.07) is 5.77. The summed E-state index contributed by atoms with van der Waals surface area (Å²) in [5, 5.41) is 0. The van der Waals surface area contributed by atoms with Crippen LogP contribution < -0.4 is 0 Å². The second-order valence-electron chi connectivity index (χ2n) is 5.99. The van der Waals surface area contributed by atoms with E-state index < -0.39 is 0 Å². The number of rotatable bonds is 2. The fraction of sp³-hybridized carbons (Fsp3) is 0.600. The molecule has 0 saturated heterocycles. The van der Waals surface area contributed by atoms with E-state index in [0.29, 0.717) is 0 Å². The summed E-state index contributed by atoms with van der Waals surface area (Å²) in [7, 11) is 0. The van der Waals surface area contributed by atoms with Gasteiger partial charge in [0.25, 0.3) is 0 Å². The summed E-state index contributed by atoms with van der Waals surface area (Å²) in [6.45, 7) is 12.6. The lowest BCUT2D eigenvalue weighted by Crippen LogP contribution is -2.17. The van der Waals surface area contributed by atoms with Crippen molar-refractivity contribution < 1.29 is 4.39 Å². The van der Waals surface area contributed by atoms with Crippen LogP contribution in [-0.4, -0.2) is 0 Å². The summed E-state index contributed by atoms with van der Waals surface area (Å²) >= 11 is 0. The molecule has 0 aliphatic rings. The van der Waals surface area contributed by atoms with Crippen molar-refractivity contribution in [2.45, 2.75) is 53.4 Å². The molecule has 0 bridgehead atoms. The first-order valence-corrected chi connectivity index (χ1v) is 6.03. The molecule has 0 aliphatic carbocycles. The Kier molecular flexibility index (Phi) is 3.77. The van der Waals surface area contributed by atoms with Gasteiger partial charge in [0.2, 0.25) is 0 Å². The zero-order valence-corrected chi connectivity index (χ0v) is 11.3. The van der Waals surface area contributed by atoms with Gasteiger partial charge < -0.3 is 0 Å². The first-order valence-electron chi connectivity index (χ1n) is 6.03. The number of hydrogen-bond acceptors (Lipinski definition) is 0. The quantitative estimate of drug-likeness (QED) is 0.653. The topological polar surface area (TPSA) is 0 Å². The Morgan fingerprint density at radius 2 is 1.50 bits per heavy atom. The van der Waals surface area contributed by atoms with Gasteiger partial charge in [-0.25, -0.2) is 4.39 Å². The minimum Gasteiger partial charge on any atom is -0.206 e. The first kappa shape index (κ1) is 13.2. The third-order valence-corrected chi connectivity index (χ3v) is 3.45.